The molecule has 0 fully saturated rings. The minimum absolute atomic E-state index is 0.00728. The number of amides is 1. The molecular formula is C15H12N6O3. The topological polar surface area (TPSA) is 129 Å². The largest absolute Gasteiger partial charge is 0.368 e. The molecule has 0 atom stereocenters. The van der Waals surface area contributed by atoms with Crippen molar-refractivity contribution in [3.05, 3.63) is 70.3 Å². The maximum Gasteiger partial charge on any atom is 0.270 e. The normalized spacial score (nSPS) is 10.3. The van der Waals surface area contributed by atoms with E-state index in [-0.39, 0.29) is 23.1 Å². The number of carbonyl (C=O) groups excluding carboxylic acids is 1. The number of nitro benzene ring substituents is 1. The van der Waals surface area contributed by atoms with Gasteiger partial charge in [0.15, 0.2) is 0 Å². The molecule has 120 valence electrons. The Morgan fingerprint density at radius 3 is 2.62 bits per heavy atom. The number of carbonyl (C=O) groups is 1. The summed E-state index contributed by atoms with van der Waals surface area (Å²) in [5, 5.41) is 17.4. The second-order valence-corrected chi connectivity index (χ2v) is 4.80. The van der Waals surface area contributed by atoms with E-state index in [1.165, 1.54) is 28.9 Å². The van der Waals surface area contributed by atoms with E-state index in [0.29, 0.717) is 5.69 Å². The molecule has 0 bridgehead atoms. The predicted octanol–water partition coefficient (Wildman–Crippen LogP) is 2.01. The summed E-state index contributed by atoms with van der Waals surface area (Å²) in [4.78, 5) is 26.4. The van der Waals surface area contributed by atoms with Gasteiger partial charge in [-0.15, -0.1) is 5.10 Å². The lowest BCUT2D eigenvalue weighted by Crippen LogP contribution is -2.13. The Hall–Kier alpha value is -3.75. The first-order valence-corrected chi connectivity index (χ1v) is 6.88. The number of hydrogen-bond donors (Lipinski definition) is 2. The van der Waals surface area contributed by atoms with Gasteiger partial charge in [0.25, 0.3) is 17.5 Å². The van der Waals surface area contributed by atoms with Crippen molar-refractivity contribution in [3.63, 3.8) is 0 Å². The molecule has 1 amide bonds. The average Bonchev–Trinajstić information content (AvgIpc) is 2.96. The lowest BCUT2D eigenvalue weighted by molar-refractivity contribution is -0.384. The van der Waals surface area contributed by atoms with Crippen LogP contribution in [-0.2, 0) is 0 Å². The summed E-state index contributed by atoms with van der Waals surface area (Å²) in [6, 6.07) is 14.4. The molecule has 3 rings (SSSR count). The van der Waals surface area contributed by atoms with E-state index in [1.54, 1.807) is 12.1 Å². The van der Waals surface area contributed by atoms with Crippen LogP contribution in [0.25, 0.3) is 5.69 Å². The third-order valence-corrected chi connectivity index (χ3v) is 3.18. The van der Waals surface area contributed by atoms with Gasteiger partial charge in [-0.3, -0.25) is 20.2 Å². The van der Waals surface area contributed by atoms with Crippen molar-refractivity contribution in [1.82, 2.24) is 14.8 Å². The third-order valence-electron chi connectivity index (χ3n) is 3.18. The molecule has 24 heavy (non-hydrogen) atoms. The minimum atomic E-state index is -0.572. The van der Waals surface area contributed by atoms with E-state index in [0.717, 1.165) is 0 Å². The van der Waals surface area contributed by atoms with Crippen LogP contribution in [0, 0.1) is 10.1 Å². The molecule has 0 aliphatic rings. The number of aromatic nitrogens is 3. The van der Waals surface area contributed by atoms with Crippen LogP contribution in [0.3, 0.4) is 0 Å². The molecule has 0 aliphatic heterocycles. The number of nitrogens with zero attached hydrogens (tertiary/aromatic N) is 4. The highest BCUT2D eigenvalue weighted by Crippen LogP contribution is 2.16. The molecule has 0 unspecified atom stereocenters. The second kappa shape index (κ2) is 6.16. The van der Waals surface area contributed by atoms with Crippen molar-refractivity contribution < 1.29 is 9.72 Å². The lowest BCUT2D eigenvalue weighted by Gasteiger charge is -2.01. The Bertz CT molecular complexity index is 907. The number of non-ortho nitro benzene ring substituents is 1. The van der Waals surface area contributed by atoms with Crippen molar-refractivity contribution >= 4 is 23.5 Å². The first-order chi connectivity index (χ1) is 11.5. The van der Waals surface area contributed by atoms with Crippen molar-refractivity contribution in [1.29, 1.82) is 0 Å². The summed E-state index contributed by atoms with van der Waals surface area (Å²) >= 11 is 0. The zero-order chi connectivity index (χ0) is 17.1. The molecule has 1 aromatic heterocycles. The molecule has 1 heterocycles. The summed E-state index contributed by atoms with van der Waals surface area (Å²) in [5.74, 6) is -0.452. The molecular weight excluding hydrogens is 312 g/mol. The van der Waals surface area contributed by atoms with Gasteiger partial charge in [-0.2, -0.15) is 9.67 Å². The standard InChI is InChI=1S/C15H12N6O3/c16-14-18-15(19-20(14)11-6-2-1-3-7-11)17-13(22)10-5-4-8-12(9-10)21(23)24/h1-9H,(H3,16,17,18,19,22). The monoisotopic (exact) mass is 324 g/mol. The van der Waals surface area contributed by atoms with Crippen molar-refractivity contribution in [3.8, 4) is 5.69 Å². The molecule has 2 aromatic carbocycles. The Morgan fingerprint density at radius 2 is 1.92 bits per heavy atom. The van der Waals surface area contributed by atoms with Gasteiger partial charge in [0.1, 0.15) is 0 Å². The van der Waals surface area contributed by atoms with E-state index in [2.05, 4.69) is 15.4 Å². The molecule has 3 aromatic rings. The number of nitrogens with one attached hydrogen (secondary N) is 1. The predicted molar refractivity (Wildman–Crippen MR) is 86.8 cm³/mol. The highest BCUT2D eigenvalue weighted by molar-refractivity contribution is 6.03. The zero-order valence-corrected chi connectivity index (χ0v) is 12.3. The summed E-state index contributed by atoms with van der Waals surface area (Å²) in [6.07, 6.45) is 0. The fraction of sp³-hybridized carbons (Fsp3) is 0. The Balaban J connectivity index is 1.83. The van der Waals surface area contributed by atoms with E-state index in [1.807, 2.05) is 18.2 Å². The molecule has 9 heteroatoms. The van der Waals surface area contributed by atoms with Crippen molar-refractivity contribution in [2.75, 3.05) is 11.1 Å². The van der Waals surface area contributed by atoms with Crippen LogP contribution < -0.4 is 11.1 Å². The highest BCUT2D eigenvalue weighted by atomic mass is 16.6. The van der Waals surface area contributed by atoms with Crippen molar-refractivity contribution in [2.24, 2.45) is 0 Å². The molecule has 0 aliphatic carbocycles. The minimum Gasteiger partial charge on any atom is -0.368 e. The SMILES string of the molecule is Nc1nc(NC(=O)c2cccc([N+](=O)[O-])c2)nn1-c1ccccc1. The second-order valence-electron chi connectivity index (χ2n) is 4.80. The first-order valence-electron chi connectivity index (χ1n) is 6.88. The van der Waals surface area contributed by atoms with Gasteiger partial charge in [0.05, 0.1) is 10.6 Å². The van der Waals surface area contributed by atoms with Gasteiger partial charge in [0.2, 0.25) is 5.95 Å². The van der Waals surface area contributed by atoms with Gasteiger partial charge in [-0.25, -0.2) is 0 Å². The van der Waals surface area contributed by atoms with Gasteiger partial charge < -0.3 is 5.73 Å². The number of nitro groups is 1. The van der Waals surface area contributed by atoms with Gasteiger partial charge >= 0.3 is 0 Å². The Morgan fingerprint density at radius 1 is 1.17 bits per heavy atom. The van der Waals surface area contributed by atoms with E-state index in [9.17, 15) is 14.9 Å². The number of para-hydroxylation sites is 1. The lowest BCUT2D eigenvalue weighted by atomic mass is 10.2. The highest BCUT2D eigenvalue weighted by Gasteiger charge is 2.15. The van der Waals surface area contributed by atoms with Crippen LogP contribution in [0.1, 0.15) is 10.4 Å². The van der Waals surface area contributed by atoms with E-state index < -0.39 is 10.8 Å². The first kappa shape index (κ1) is 15.2. The van der Waals surface area contributed by atoms with Crippen LogP contribution in [0.4, 0.5) is 17.6 Å². The fourth-order valence-electron chi connectivity index (χ4n) is 2.07. The molecule has 9 nitrogen and oxygen atoms in total. The number of rotatable bonds is 4. The Kier molecular flexibility index (Phi) is 3.89. The smallest absolute Gasteiger partial charge is 0.270 e. The number of hydrogen-bond acceptors (Lipinski definition) is 6. The summed E-state index contributed by atoms with van der Waals surface area (Å²) in [5.41, 5.74) is 6.44. The molecule has 0 radical (unpaired) electrons. The van der Waals surface area contributed by atoms with E-state index >= 15 is 0 Å². The fourth-order valence-corrected chi connectivity index (χ4v) is 2.07. The average molecular weight is 324 g/mol. The van der Waals surface area contributed by atoms with Crippen LogP contribution in [0.5, 0.6) is 0 Å². The maximum absolute atomic E-state index is 12.2. The van der Waals surface area contributed by atoms with Gasteiger partial charge in [-0.1, -0.05) is 24.3 Å². The molecule has 3 N–H and O–H groups in total. The van der Waals surface area contributed by atoms with Gasteiger partial charge in [-0.05, 0) is 18.2 Å². The van der Waals surface area contributed by atoms with Gasteiger partial charge in [0, 0.05) is 17.7 Å². The quantitative estimate of drug-likeness (QED) is 0.558. The third kappa shape index (κ3) is 3.04. The number of anilines is 2. The number of nitrogens with two attached hydrogens (primary N) is 1. The summed E-state index contributed by atoms with van der Waals surface area (Å²) < 4.78 is 1.38. The van der Waals surface area contributed by atoms with Crippen LogP contribution in [0.15, 0.2) is 54.6 Å². The van der Waals surface area contributed by atoms with Crippen LogP contribution in [0.2, 0.25) is 0 Å². The number of benzene rings is 2. The zero-order valence-electron chi connectivity index (χ0n) is 12.3. The van der Waals surface area contributed by atoms with Crippen LogP contribution in [-0.4, -0.2) is 25.6 Å². The summed E-state index contributed by atoms with van der Waals surface area (Å²) in [7, 11) is 0. The summed E-state index contributed by atoms with van der Waals surface area (Å²) in [6.45, 7) is 0. The van der Waals surface area contributed by atoms with Crippen LogP contribution >= 0.6 is 0 Å². The molecule has 0 saturated heterocycles. The maximum atomic E-state index is 12.2. The molecule has 0 spiro atoms. The van der Waals surface area contributed by atoms with Crippen molar-refractivity contribution in [2.45, 2.75) is 0 Å². The molecule has 0 saturated carbocycles. The van der Waals surface area contributed by atoms with E-state index in [4.69, 9.17) is 5.73 Å². The number of nitrogen functional groups attached to an aromatic ring is 1. The Labute approximate surface area is 135 Å².